The highest BCUT2D eigenvalue weighted by molar-refractivity contribution is 7.92. The monoisotopic (exact) mass is 695 g/mol. The Hall–Kier alpha value is -4.76. The van der Waals surface area contributed by atoms with Crippen molar-refractivity contribution >= 4 is 43.1 Å². The van der Waals surface area contributed by atoms with Crippen molar-refractivity contribution in [2.45, 2.75) is 24.8 Å². The lowest BCUT2D eigenvalue weighted by atomic mass is 10.1. The van der Waals surface area contributed by atoms with E-state index in [-0.39, 0.29) is 34.2 Å². The Balaban J connectivity index is 0.000000185. The van der Waals surface area contributed by atoms with Crippen molar-refractivity contribution in [1.29, 1.82) is 0 Å². The largest absolute Gasteiger partial charge is 0.455 e. The SMILES string of the molecule is CS(=O)(=O)Nc1cc2c(cc1Oc1ccccc1)S(=O)(=O)NC2.Cc1cc(Cc2ccc(=O)[nH]n2)n(C)c1C(=O)c1ccc(Cl)cc1. The van der Waals surface area contributed by atoms with Crippen molar-refractivity contribution in [3.05, 3.63) is 134 Å². The van der Waals surface area contributed by atoms with Crippen LogP contribution < -0.4 is 19.7 Å². The lowest BCUT2D eigenvalue weighted by molar-refractivity contribution is 0.103. The number of halogens is 1. The third-order valence-corrected chi connectivity index (χ3v) is 9.44. The van der Waals surface area contributed by atoms with Gasteiger partial charge in [-0.05, 0) is 72.6 Å². The van der Waals surface area contributed by atoms with E-state index in [1.54, 1.807) is 60.7 Å². The molecule has 1 aliphatic rings. The van der Waals surface area contributed by atoms with Crippen LogP contribution in [0.1, 0.15) is 38.6 Å². The lowest BCUT2D eigenvalue weighted by Gasteiger charge is -2.13. The summed E-state index contributed by atoms with van der Waals surface area (Å²) in [5, 5.41) is 7.03. The number of benzene rings is 3. The topological polar surface area (TPSA) is 169 Å². The number of carbonyl (C=O) groups excluding carboxylic acids is 1. The summed E-state index contributed by atoms with van der Waals surface area (Å²) >= 11 is 5.88. The number of ketones is 1. The number of para-hydroxylation sites is 1. The average Bonchev–Trinajstić information content (AvgIpc) is 3.47. The summed E-state index contributed by atoms with van der Waals surface area (Å²) < 4.78 is 59.2. The average molecular weight is 696 g/mol. The number of rotatable bonds is 8. The van der Waals surface area contributed by atoms with E-state index in [2.05, 4.69) is 19.6 Å². The molecule has 12 nitrogen and oxygen atoms in total. The molecular weight excluding hydrogens is 666 g/mol. The highest BCUT2D eigenvalue weighted by Gasteiger charge is 2.28. The summed E-state index contributed by atoms with van der Waals surface area (Å²) in [5.41, 5.74) is 4.25. The number of aromatic amines is 1. The van der Waals surface area contributed by atoms with Crippen LogP contribution in [0.4, 0.5) is 5.69 Å². The van der Waals surface area contributed by atoms with E-state index < -0.39 is 20.0 Å². The predicted octanol–water partition coefficient (Wildman–Crippen LogP) is 4.53. The Kier molecular flexibility index (Phi) is 9.68. The van der Waals surface area contributed by atoms with Crippen LogP contribution in [0.5, 0.6) is 11.5 Å². The maximum Gasteiger partial charge on any atom is 0.264 e. The first-order chi connectivity index (χ1) is 22.2. The molecule has 0 aliphatic carbocycles. The van der Waals surface area contributed by atoms with Crippen molar-refractivity contribution in [1.82, 2.24) is 19.5 Å². The van der Waals surface area contributed by atoms with Crippen molar-refractivity contribution in [2.24, 2.45) is 7.05 Å². The Morgan fingerprint density at radius 2 is 1.74 bits per heavy atom. The van der Waals surface area contributed by atoms with E-state index in [1.807, 2.05) is 24.6 Å². The molecular formula is C32H30ClN5O7S2. The van der Waals surface area contributed by atoms with E-state index in [0.717, 1.165) is 23.2 Å². The molecule has 47 heavy (non-hydrogen) atoms. The smallest absolute Gasteiger partial charge is 0.264 e. The Bertz CT molecular complexity index is 2210. The van der Waals surface area contributed by atoms with E-state index in [9.17, 15) is 26.4 Å². The minimum atomic E-state index is -3.59. The quantitative estimate of drug-likeness (QED) is 0.199. The van der Waals surface area contributed by atoms with Crippen molar-refractivity contribution < 1.29 is 26.4 Å². The number of hydrogen-bond donors (Lipinski definition) is 3. The zero-order valence-corrected chi connectivity index (χ0v) is 27.8. The molecule has 15 heteroatoms. The molecule has 244 valence electrons. The fourth-order valence-corrected chi connectivity index (χ4v) is 6.87. The van der Waals surface area contributed by atoms with E-state index in [1.165, 1.54) is 18.2 Å². The fraction of sp³-hybridized carbons (Fsp3) is 0.156. The number of aromatic nitrogens is 3. The third-order valence-electron chi connectivity index (χ3n) is 7.11. The highest BCUT2D eigenvalue weighted by Crippen LogP contribution is 2.37. The van der Waals surface area contributed by atoms with Crippen LogP contribution in [0.25, 0.3) is 0 Å². The molecule has 0 radical (unpaired) electrons. The first-order valence-corrected chi connectivity index (χ1v) is 17.8. The van der Waals surface area contributed by atoms with Crippen LogP contribution in [0.3, 0.4) is 0 Å². The molecule has 0 unspecified atom stereocenters. The molecule has 6 rings (SSSR count). The number of fused-ring (bicyclic) bond motifs is 1. The summed E-state index contributed by atoms with van der Waals surface area (Å²) in [6, 6.07) is 23.4. The van der Waals surface area contributed by atoms with Crippen LogP contribution in [0, 0.1) is 6.92 Å². The normalized spacial score (nSPS) is 13.3. The zero-order chi connectivity index (χ0) is 33.9. The van der Waals surface area contributed by atoms with Gasteiger partial charge in [-0.2, -0.15) is 5.10 Å². The maximum atomic E-state index is 12.8. The molecule has 3 heterocycles. The van der Waals surface area contributed by atoms with E-state index in [4.69, 9.17) is 16.3 Å². The minimum absolute atomic E-state index is 0.0488. The van der Waals surface area contributed by atoms with Gasteiger partial charge in [0.1, 0.15) is 5.75 Å². The van der Waals surface area contributed by atoms with Gasteiger partial charge in [-0.3, -0.25) is 14.3 Å². The molecule has 0 spiro atoms. The van der Waals surface area contributed by atoms with Gasteiger partial charge in [0.25, 0.3) is 5.56 Å². The fourth-order valence-electron chi connectivity index (χ4n) is 4.94. The van der Waals surface area contributed by atoms with Crippen molar-refractivity contribution in [3.63, 3.8) is 0 Å². The van der Waals surface area contributed by atoms with Gasteiger partial charge in [0.2, 0.25) is 25.8 Å². The van der Waals surface area contributed by atoms with Gasteiger partial charge >= 0.3 is 0 Å². The first kappa shape index (κ1) is 33.6. The number of aryl methyl sites for hydroxylation is 1. The number of nitrogens with zero attached hydrogens (tertiary/aromatic N) is 2. The van der Waals surface area contributed by atoms with Crippen LogP contribution >= 0.6 is 11.6 Å². The standard InChI is InChI=1S/C18H16ClN3O2.C14H14N2O5S2/c1-11-9-15(10-14-7-8-16(23)21-20-14)22(2)17(11)18(24)12-3-5-13(19)6-4-12;1-22(17,18)16-12-7-10-9-15-23(19,20)14(10)8-13(12)21-11-5-3-2-4-6-11/h3-9H,10H2,1-2H3,(H,21,23);2-8,15-16H,9H2,1H3. The molecule has 0 fully saturated rings. The number of carbonyl (C=O) groups is 1. The Labute approximate surface area is 276 Å². The van der Waals surface area contributed by atoms with Crippen molar-refractivity contribution in [2.75, 3.05) is 11.0 Å². The van der Waals surface area contributed by atoms with Gasteiger partial charge in [-0.25, -0.2) is 26.7 Å². The van der Waals surface area contributed by atoms with Gasteiger partial charge < -0.3 is 9.30 Å². The number of sulfonamides is 2. The number of nitrogens with one attached hydrogen (secondary N) is 3. The highest BCUT2D eigenvalue weighted by atomic mass is 35.5. The van der Waals surface area contributed by atoms with Gasteiger partial charge in [0, 0.05) is 48.4 Å². The summed E-state index contributed by atoms with van der Waals surface area (Å²) in [7, 11) is -5.27. The van der Waals surface area contributed by atoms with Crippen LogP contribution in [-0.2, 0) is 40.1 Å². The predicted molar refractivity (Wildman–Crippen MR) is 178 cm³/mol. The molecule has 0 bridgehead atoms. The second-order valence-electron chi connectivity index (χ2n) is 10.7. The lowest BCUT2D eigenvalue weighted by Crippen LogP contribution is -2.13. The first-order valence-electron chi connectivity index (χ1n) is 14.1. The van der Waals surface area contributed by atoms with Gasteiger partial charge in [-0.1, -0.05) is 29.8 Å². The third kappa shape index (κ3) is 8.16. The van der Waals surface area contributed by atoms with Gasteiger partial charge in [0.15, 0.2) is 5.75 Å². The number of anilines is 1. The molecule has 5 aromatic rings. The van der Waals surface area contributed by atoms with E-state index in [0.29, 0.717) is 34.0 Å². The van der Waals surface area contributed by atoms with Crippen molar-refractivity contribution in [3.8, 4) is 11.5 Å². The minimum Gasteiger partial charge on any atom is -0.455 e. The van der Waals surface area contributed by atoms with Crippen LogP contribution in [0.15, 0.2) is 94.6 Å². The summed E-state index contributed by atoms with van der Waals surface area (Å²) in [5.74, 6) is 0.535. The molecule has 2 aromatic heterocycles. The Morgan fingerprint density at radius 1 is 1.04 bits per heavy atom. The van der Waals surface area contributed by atoms with E-state index >= 15 is 0 Å². The molecule has 0 saturated carbocycles. The number of ether oxygens (including phenoxy) is 1. The summed E-state index contributed by atoms with van der Waals surface area (Å²) in [4.78, 5) is 24.0. The second-order valence-corrected chi connectivity index (χ2v) is 14.6. The van der Waals surface area contributed by atoms with Crippen LogP contribution in [0.2, 0.25) is 5.02 Å². The number of hydrogen-bond acceptors (Lipinski definition) is 8. The maximum absolute atomic E-state index is 12.8. The van der Waals surface area contributed by atoms with Crippen LogP contribution in [-0.4, -0.2) is 43.6 Å². The molecule has 0 saturated heterocycles. The molecule has 1 aliphatic heterocycles. The van der Waals surface area contributed by atoms with Gasteiger partial charge in [0.05, 0.1) is 28.2 Å². The van der Waals surface area contributed by atoms with Gasteiger partial charge in [-0.15, -0.1) is 0 Å². The number of H-pyrrole nitrogens is 1. The molecule has 0 amide bonds. The zero-order valence-electron chi connectivity index (χ0n) is 25.4. The second kappa shape index (κ2) is 13.5. The Morgan fingerprint density at radius 3 is 2.38 bits per heavy atom. The summed E-state index contributed by atoms with van der Waals surface area (Å²) in [6.07, 6.45) is 1.55. The molecule has 3 aromatic carbocycles. The molecule has 3 N–H and O–H groups in total. The summed E-state index contributed by atoms with van der Waals surface area (Å²) in [6.45, 7) is 2.02. The molecule has 0 atom stereocenters.